The van der Waals surface area contributed by atoms with Crippen LogP contribution in [0.5, 0.6) is 5.75 Å². The quantitative estimate of drug-likeness (QED) is 0.418. The topological polar surface area (TPSA) is 91.8 Å². The molecule has 0 saturated heterocycles. The van der Waals surface area contributed by atoms with Crippen LogP contribution in [0.3, 0.4) is 0 Å². The van der Waals surface area contributed by atoms with Crippen molar-refractivity contribution in [1.82, 2.24) is 4.98 Å². The van der Waals surface area contributed by atoms with Gasteiger partial charge in [-0.1, -0.05) is 23.7 Å². The van der Waals surface area contributed by atoms with E-state index in [9.17, 15) is 19.1 Å². The van der Waals surface area contributed by atoms with E-state index in [2.05, 4.69) is 4.98 Å². The fourth-order valence-corrected chi connectivity index (χ4v) is 4.92. The number of aliphatic carboxylic acids is 1. The van der Waals surface area contributed by atoms with Gasteiger partial charge in [0.2, 0.25) is 0 Å². The summed E-state index contributed by atoms with van der Waals surface area (Å²) in [5.74, 6) is -2.44. The summed E-state index contributed by atoms with van der Waals surface area (Å²) in [6.07, 6.45) is 3.67. The first kappa shape index (κ1) is 29.1. The number of hydrogen-bond acceptors (Lipinski definition) is 6. The molecule has 39 heavy (non-hydrogen) atoms. The third-order valence-electron chi connectivity index (χ3n) is 6.43. The summed E-state index contributed by atoms with van der Waals surface area (Å²) in [5, 5.41) is 13.1. The van der Waals surface area contributed by atoms with Crippen LogP contribution >= 0.6 is 23.2 Å². The molecule has 1 aliphatic heterocycles. The minimum atomic E-state index is -1.88. The number of carbonyl (C=O) groups excluding carboxylic acids is 2. The molecular formula is C28H20Cl2FN2NaO5. The minimum absolute atomic E-state index is 0. The molecule has 2 aromatic carbocycles. The third kappa shape index (κ3) is 5.85. The molecule has 1 aliphatic carbocycles. The van der Waals surface area contributed by atoms with Crippen molar-refractivity contribution in [3.63, 3.8) is 0 Å². The molecule has 194 valence electrons. The van der Waals surface area contributed by atoms with E-state index >= 15 is 0 Å². The molecule has 1 atom stereocenters. The molecule has 0 spiro atoms. The van der Waals surface area contributed by atoms with Gasteiger partial charge in [0.25, 0.3) is 5.91 Å². The molecule has 0 N–H and O–H groups in total. The number of anilines is 2. The average Bonchev–Trinajstić information content (AvgIpc) is 2.91. The number of aromatic nitrogens is 1. The Labute approximate surface area is 256 Å². The number of ether oxygens (including phenoxy) is 2. The van der Waals surface area contributed by atoms with Crippen molar-refractivity contribution in [2.45, 2.75) is 24.9 Å². The van der Waals surface area contributed by atoms with Gasteiger partial charge < -0.3 is 19.4 Å². The summed E-state index contributed by atoms with van der Waals surface area (Å²) in [4.78, 5) is 32.0. The molecule has 0 fully saturated rings. The first-order valence-electron chi connectivity index (χ1n) is 11.7. The van der Waals surface area contributed by atoms with E-state index in [1.807, 2.05) is 0 Å². The summed E-state index contributed by atoms with van der Waals surface area (Å²) in [6.45, 7) is 0.143. The Morgan fingerprint density at radius 1 is 1.08 bits per heavy atom. The maximum Gasteiger partial charge on any atom is 1.00 e. The van der Waals surface area contributed by atoms with Crippen LogP contribution in [0.2, 0.25) is 5.02 Å². The van der Waals surface area contributed by atoms with Crippen LogP contribution in [0.15, 0.2) is 89.3 Å². The summed E-state index contributed by atoms with van der Waals surface area (Å²) in [5.41, 5.74) is -0.314. The summed E-state index contributed by atoms with van der Waals surface area (Å²) in [6, 6.07) is 15.3. The van der Waals surface area contributed by atoms with Crippen LogP contribution in [0.4, 0.5) is 15.9 Å². The molecule has 0 bridgehead atoms. The second kappa shape index (κ2) is 12.1. The van der Waals surface area contributed by atoms with E-state index in [0.717, 1.165) is 11.8 Å². The third-order valence-corrected chi connectivity index (χ3v) is 6.90. The zero-order valence-corrected chi connectivity index (χ0v) is 24.3. The minimum Gasteiger partial charge on any atom is -0.545 e. The van der Waals surface area contributed by atoms with Gasteiger partial charge in [0.05, 0.1) is 23.4 Å². The molecule has 7 nitrogen and oxygen atoms in total. The zero-order valence-electron chi connectivity index (χ0n) is 20.8. The second-order valence-electron chi connectivity index (χ2n) is 8.77. The number of benzene rings is 2. The Morgan fingerprint density at radius 2 is 1.82 bits per heavy atom. The van der Waals surface area contributed by atoms with Crippen LogP contribution in [0.1, 0.15) is 29.6 Å². The van der Waals surface area contributed by atoms with Gasteiger partial charge in [-0.2, -0.15) is 0 Å². The van der Waals surface area contributed by atoms with Crippen LogP contribution in [0.25, 0.3) is 0 Å². The van der Waals surface area contributed by atoms with Crippen LogP contribution in [-0.2, 0) is 9.53 Å². The molecule has 5 rings (SSSR count). The van der Waals surface area contributed by atoms with Crippen LogP contribution in [0, 0.1) is 5.82 Å². The number of para-hydroxylation sites is 1. The average molecular weight is 577 g/mol. The van der Waals surface area contributed by atoms with Gasteiger partial charge in [-0.15, -0.1) is 0 Å². The number of rotatable bonds is 6. The summed E-state index contributed by atoms with van der Waals surface area (Å²) >= 11 is 12.1. The van der Waals surface area contributed by atoms with Crippen LogP contribution in [-0.4, -0.2) is 29.1 Å². The van der Waals surface area contributed by atoms with E-state index < -0.39 is 23.3 Å². The van der Waals surface area contributed by atoms with Gasteiger partial charge in [-0.25, -0.2) is 9.37 Å². The number of pyridine rings is 1. The molecule has 11 heteroatoms. The molecule has 1 unspecified atom stereocenters. The molecule has 3 aromatic rings. The van der Waals surface area contributed by atoms with Crippen molar-refractivity contribution in [3.8, 4) is 5.75 Å². The van der Waals surface area contributed by atoms with Gasteiger partial charge in [-0.3, -0.25) is 9.69 Å². The van der Waals surface area contributed by atoms with Crippen molar-refractivity contribution in [1.29, 1.82) is 0 Å². The standard InChI is InChI=1S/C28H21Cl2FN2O5.Na/c29-18-7-10-20(11-8-18)33(25-12-9-19(31)15-32-25)26(34)21-5-1-2-6-23(21)38-28(27(35)36)13-3-4-17-16-37-24(30)14-22(17)28;/h1-2,5-12,14-15H,3-4,13,16H2,(H,35,36);/q;+1/p-1. The molecule has 0 saturated carbocycles. The van der Waals surface area contributed by atoms with Crippen molar-refractivity contribution in [2.24, 2.45) is 0 Å². The fourth-order valence-electron chi connectivity index (χ4n) is 4.63. The Bertz CT molecular complexity index is 1420. The Hall–Kier alpha value is -2.88. The number of amides is 1. The number of carboxylic acids is 1. The maximum absolute atomic E-state index is 14.0. The zero-order chi connectivity index (χ0) is 26.9. The molecule has 0 radical (unpaired) electrons. The SMILES string of the molecule is O=C(c1ccccc1OC1(C(=O)[O-])CCCC2=C1C=C(Cl)OC2)N(c1ccc(Cl)cc1)c1ccc(F)cn1.[Na+]. The molecule has 2 aliphatic rings. The molecular weight excluding hydrogens is 557 g/mol. The van der Waals surface area contributed by atoms with Crippen molar-refractivity contribution >= 4 is 46.6 Å². The monoisotopic (exact) mass is 576 g/mol. The van der Waals surface area contributed by atoms with Gasteiger partial charge in [-0.05, 0) is 85.0 Å². The predicted molar refractivity (Wildman–Crippen MR) is 138 cm³/mol. The number of nitrogens with zero attached hydrogens (tertiary/aromatic N) is 2. The van der Waals surface area contributed by atoms with Gasteiger partial charge in [0.1, 0.15) is 24.0 Å². The van der Waals surface area contributed by atoms with Gasteiger partial charge in [0.15, 0.2) is 10.8 Å². The first-order valence-corrected chi connectivity index (χ1v) is 12.5. The van der Waals surface area contributed by atoms with Gasteiger partial charge in [0, 0.05) is 16.7 Å². The van der Waals surface area contributed by atoms with E-state index in [1.165, 1.54) is 35.2 Å². The maximum atomic E-state index is 14.0. The number of halogens is 3. The summed E-state index contributed by atoms with van der Waals surface area (Å²) < 4.78 is 25.2. The normalized spacial score (nSPS) is 18.2. The predicted octanol–water partition coefficient (Wildman–Crippen LogP) is 2.32. The largest absolute Gasteiger partial charge is 1.00 e. The first-order chi connectivity index (χ1) is 18.3. The second-order valence-corrected chi connectivity index (χ2v) is 9.58. The van der Waals surface area contributed by atoms with Crippen molar-refractivity contribution in [3.05, 3.63) is 106 Å². The van der Waals surface area contributed by atoms with E-state index in [1.54, 1.807) is 36.4 Å². The van der Waals surface area contributed by atoms with Crippen molar-refractivity contribution in [2.75, 3.05) is 11.5 Å². The number of carboxylic acid groups (broad SMARTS) is 1. The Kier molecular flexibility index (Phi) is 9.03. The van der Waals surface area contributed by atoms with E-state index in [-0.39, 0.29) is 64.9 Å². The van der Waals surface area contributed by atoms with E-state index in [0.29, 0.717) is 29.1 Å². The van der Waals surface area contributed by atoms with Crippen LogP contribution < -0.4 is 44.3 Å². The number of hydrogen-bond donors (Lipinski definition) is 0. The Morgan fingerprint density at radius 3 is 2.51 bits per heavy atom. The van der Waals surface area contributed by atoms with Gasteiger partial charge >= 0.3 is 29.6 Å². The molecule has 1 amide bonds. The fraction of sp³-hybridized carbons (Fsp3) is 0.179. The Balaban J connectivity index is 0.00000353. The summed E-state index contributed by atoms with van der Waals surface area (Å²) in [7, 11) is 0. The smallest absolute Gasteiger partial charge is 0.545 e. The van der Waals surface area contributed by atoms with Crippen molar-refractivity contribution < 1.29 is 58.1 Å². The molecule has 2 heterocycles. The van der Waals surface area contributed by atoms with E-state index in [4.69, 9.17) is 32.7 Å². The molecule has 1 aromatic heterocycles. The number of carbonyl (C=O) groups is 2.